The molecule has 0 unspecified atom stereocenters. The van der Waals surface area contributed by atoms with Crippen LogP contribution in [0.4, 0.5) is 0 Å². The van der Waals surface area contributed by atoms with Crippen LogP contribution in [0.25, 0.3) is 44.1 Å². The molecule has 0 aliphatic rings. The van der Waals surface area contributed by atoms with Gasteiger partial charge in [-0.15, -0.1) is 0 Å². The lowest BCUT2D eigenvalue weighted by Gasteiger charge is -2.18. The van der Waals surface area contributed by atoms with Crippen LogP contribution in [0.3, 0.4) is 0 Å². The van der Waals surface area contributed by atoms with Crippen LogP contribution < -0.4 is 0 Å². The van der Waals surface area contributed by atoms with Gasteiger partial charge >= 0.3 is 0 Å². The number of fused-ring (bicyclic) bond motifs is 3. The normalized spacial score (nSPS) is 11.2. The van der Waals surface area contributed by atoms with Crippen molar-refractivity contribution in [1.82, 2.24) is 4.98 Å². The van der Waals surface area contributed by atoms with Gasteiger partial charge in [-0.05, 0) is 103 Å². The number of nitrogens with one attached hydrogen (secondary N) is 1. The molecule has 1 N–H and O–H groups in total. The van der Waals surface area contributed by atoms with Gasteiger partial charge in [-0.1, -0.05) is 164 Å². The topological polar surface area (TPSA) is 15.8 Å². The number of halogens is 1. The highest BCUT2D eigenvalue weighted by molar-refractivity contribution is 6.30. The molecule has 0 saturated heterocycles. The maximum absolute atomic E-state index is 6.27. The van der Waals surface area contributed by atoms with Crippen molar-refractivity contribution < 1.29 is 0 Å². The summed E-state index contributed by atoms with van der Waals surface area (Å²) >= 11 is 6.27. The van der Waals surface area contributed by atoms with E-state index in [9.17, 15) is 0 Å². The molecule has 5 rings (SSSR count). The first kappa shape index (κ1) is 38.9. The lowest BCUT2D eigenvalue weighted by atomic mass is 9.86. The Labute approximate surface area is 297 Å². The van der Waals surface area contributed by atoms with Gasteiger partial charge < -0.3 is 4.98 Å². The number of aryl methyl sites for hydroxylation is 2. The summed E-state index contributed by atoms with van der Waals surface area (Å²) in [5, 5.41) is 3.40. The summed E-state index contributed by atoms with van der Waals surface area (Å²) in [5.41, 5.74) is 12.0. The van der Waals surface area contributed by atoms with E-state index in [2.05, 4.69) is 105 Å². The van der Waals surface area contributed by atoms with E-state index in [1.807, 2.05) is 39.0 Å². The number of unbranched alkanes of at least 4 members (excludes halogenated alkanes) is 6. The second kappa shape index (κ2) is 21.4. The van der Waals surface area contributed by atoms with Crippen molar-refractivity contribution in [2.24, 2.45) is 0 Å². The SMILES string of the molecule is C=C/C(=C\C)CCC.CC.CCCCCCc1cc(-c2ccc3[nH]c4ccccc4c3c2)c(CCCCCC)cc1-c1ccc(Cl)cc1. The molecular weight excluding hydrogens is 602 g/mol. The number of hydrogen-bond acceptors (Lipinski definition) is 0. The molecule has 2 heteroatoms. The summed E-state index contributed by atoms with van der Waals surface area (Å²) in [4.78, 5) is 3.60. The Kier molecular flexibility index (Phi) is 17.4. The average molecular weight is 662 g/mol. The van der Waals surface area contributed by atoms with E-state index in [0.717, 1.165) is 17.9 Å². The van der Waals surface area contributed by atoms with Gasteiger partial charge in [0.05, 0.1) is 0 Å². The predicted molar refractivity (Wildman–Crippen MR) is 218 cm³/mol. The molecule has 0 spiro atoms. The van der Waals surface area contributed by atoms with Crippen molar-refractivity contribution in [3.8, 4) is 22.3 Å². The summed E-state index contributed by atoms with van der Waals surface area (Å²) in [6.07, 6.45) is 18.8. The van der Waals surface area contributed by atoms with Gasteiger partial charge in [-0.25, -0.2) is 0 Å². The third-order valence-corrected chi connectivity index (χ3v) is 9.32. The number of aromatic nitrogens is 1. The molecule has 5 aromatic rings. The van der Waals surface area contributed by atoms with E-state index in [-0.39, 0.29) is 0 Å². The Balaban J connectivity index is 0.000000550. The van der Waals surface area contributed by atoms with Gasteiger partial charge in [0, 0.05) is 26.8 Å². The fourth-order valence-electron chi connectivity index (χ4n) is 6.42. The summed E-state index contributed by atoms with van der Waals surface area (Å²) < 4.78 is 0. The minimum Gasteiger partial charge on any atom is -0.355 e. The molecule has 0 bridgehead atoms. The molecule has 0 aliphatic carbocycles. The second-order valence-corrected chi connectivity index (χ2v) is 13.0. The molecule has 1 nitrogen and oxygen atoms in total. The van der Waals surface area contributed by atoms with Crippen molar-refractivity contribution in [3.63, 3.8) is 0 Å². The van der Waals surface area contributed by atoms with Gasteiger partial charge in [0.15, 0.2) is 0 Å². The van der Waals surface area contributed by atoms with Crippen molar-refractivity contribution in [3.05, 3.63) is 119 Å². The zero-order valence-electron chi connectivity index (χ0n) is 30.7. The zero-order valence-corrected chi connectivity index (χ0v) is 31.5. The third kappa shape index (κ3) is 11.0. The Morgan fingerprint density at radius 3 is 1.75 bits per heavy atom. The average Bonchev–Trinajstić information content (AvgIpc) is 3.50. The van der Waals surface area contributed by atoms with Gasteiger partial charge in [0.25, 0.3) is 0 Å². The molecule has 0 fully saturated rings. The number of H-pyrrole nitrogens is 1. The number of allylic oxidation sites excluding steroid dienone is 3. The fourth-order valence-corrected chi connectivity index (χ4v) is 6.55. The van der Waals surface area contributed by atoms with Crippen LogP contribution in [-0.2, 0) is 12.8 Å². The molecule has 1 aromatic heterocycles. The zero-order chi connectivity index (χ0) is 34.7. The van der Waals surface area contributed by atoms with E-state index in [1.54, 1.807) is 0 Å². The maximum Gasteiger partial charge on any atom is 0.0465 e. The summed E-state index contributed by atoms with van der Waals surface area (Å²) in [7, 11) is 0. The highest BCUT2D eigenvalue weighted by Gasteiger charge is 2.15. The van der Waals surface area contributed by atoms with Crippen LogP contribution in [0, 0.1) is 0 Å². The summed E-state index contributed by atoms with van der Waals surface area (Å²) in [6.45, 7) is 16.5. The maximum atomic E-state index is 6.27. The standard InChI is InChI=1S/C36H40ClN.C8H14.C2H6/c1-3-5-7-9-13-27-24-33(29-19-22-36-34(25-29)31-15-11-12-16-35(31)38-36)28(14-10-8-6-4-2)23-32(27)26-17-20-30(37)21-18-26;1-4-7-8(5-2)6-3;1-2/h11-12,15-25,38H,3-10,13-14H2,1-2H3;5-6H,2,4,7H2,1,3H3;1-2H3/b;8-6+;. The predicted octanol–water partition coefficient (Wildman–Crippen LogP) is 15.5. The van der Waals surface area contributed by atoms with Crippen LogP contribution in [0.15, 0.2) is 103 Å². The van der Waals surface area contributed by atoms with Gasteiger partial charge in [0.1, 0.15) is 0 Å². The van der Waals surface area contributed by atoms with Gasteiger partial charge in [0.2, 0.25) is 0 Å². The molecule has 4 aromatic carbocycles. The summed E-state index contributed by atoms with van der Waals surface area (Å²) in [6, 6.07) is 29.1. The monoisotopic (exact) mass is 661 g/mol. The molecule has 48 heavy (non-hydrogen) atoms. The Morgan fingerprint density at radius 2 is 1.21 bits per heavy atom. The minimum atomic E-state index is 0.793. The lowest BCUT2D eigenvalue weighted by molar-refractivity contribution is 0.664. The highest BCUT2D eigenvalue weighted by Crippen LogP contribution is 2.37. The van der Waals surface area contributed by atoms with Crippen molar-refractivity contribution >= 4 is 33.4 Å². The third-order valence-electron chi connectivity index (χ3n) is 9.07. The Hall–Kier alpha value is -3.55. The molecule has 1 heterocycles. The van der Waals surface area contributed by atoms with Crippen molar-refractivity contribution in [1.29, 1.82) is 0 Å². The molecule has 0 atom stereocenters. The highest BCUT2D eigenvalue weighted by atomic mass is 35.5. The Bertz CT molecular complexity index is 1700. The molecule has 0 radical (unpaired) electrons. The molecular formula is C46H60ClN. The smallest absolute Gasteiger partial charge is 0.0465 e. The largest absolute Gasteiger partial charge is 0.355 e. The second-order valence-electron chi connectivity index (χ2n) is 12.5. The van der Waals surface area contributed by atoms with Gasteiger partial charge in [-0.3, -0.25) is 0 Å². The first-order chi connectivity index (χ1) is 23.5. The van der Waals surface area contributed by atoms with E-state index in [4.69, 9.17) is 11.6 Å². The quantitative estimate of drug-likeness (QED) is 0.0848. The van der Waals surface area contributed by atoms with Crippen molar-refractivity contribution in [2.75, 3.05) is 0 Å². The van der Waals surface area contributed by atoms with Crippen LogP contribution in [0.1, 0.15) is 117 Å². The van der Waals surface area contributed by atoms with E-state index < -0.39 is 0 Å². The molecule has 0 amide bonds. The number of benzene rings is 4. The van der Waals surface area contributed by atoms with Crippen molar-refractivity contribution in [2.45, 2.75) is 119 Å². The molecule has 0 aliphatic heterocycles. The minimum absolute atomic E-state index is 0.793. The Morgan fingerprint density at radius 1 is 0.646 bits per heavy atom. The van der Waals surface area contributed by atoms with E-state index in [0.29, 0.717) is 0 Å². The van der Waals surface area contributed by atoms with Crippen LogP contribution in [-0.4, -0.2) is 4.98 Å². The fraction of sp³-hybridized carbons (Fsp3) is 0.391. The van der Waals surface area contributed by atoms with Crippen LogP contribution >= 0.6 is 11.6 Å². The van der Waals surface area contributed by atoms with Crippen LogP contribution in [0.5, 0.6) is 0 Å². The van der Waals surface area contributed by atoms with Gasteiger partial charge in [-0.2, -0.15) is 0 Å². The van der Waals surface area contributed by atoms with E-state index >= 15 is 0 Å². The number of aromatic amines is 1. The number of rotatable bonds is 15. The summed E-state index contributed by atoms with van der Waals surface area (Å²) in [5.74, 6) is 0. The molecule has 0 saturated carbocycles. The lowest BCUT2D eigenvalue weighted by Crippen LogP contribution is -1.99. The van der Waals surface area contributed by atoms with E-state index in [1.165, 1.54) is 125 Å². The number of para-hydroxylation sites is 1. The first-order valence-electron chi connectivity index (χ1n) is 18.7. The first-order valence-corrected chi connectivity index (χ1v) is 19.1. The molecule has 256 valence electrons. The number of hydrogen-bond donors (Lipinski definition) is 1. The van der Waals surface area contributed by atoms with Crippen LogP contribution in [0.2, 0.25) is 5.02 Å².